The van der Waals surface area contributed by atoms with Crippen LogP contribution in [0.4, 0.5) is 5.69 Å². The smallest absolute Gasteiger partial charge is 0.251 e. The third-order valence-corrected chi connectivity index (χ3v) is 4.58. The number of aryl methyl sites for hydroxylation is 1. The van der Waals surface area contributed by atoms with Crippen molar-refractivity contribution in [3.8, 4) is 0 Å². The van der Waals surface area contributed by atoms with E-state index in [1.165, 1.54) is 24.1 Å². The molecule has 0 radical (unpaired) electrons. The van der Waals surface area contributed by atoms with Crippen molar-refractivity contribution in [3.63, 3.8) is 0 Å². The van der Waals surface area contributed by atoms with Crippen molar-refractivity contribution in [1.29, 1.82) is 0 Å². The first-order valence-corrected chi connectivity index (χ1v) is 7.90. The van der Waals surface area contributed by atoms with Crippen molar-refractivity contribution >= 4 is 11.6 Å². The molecule has 1 aliphatic carbocycles. The molecule has 0 saturated heterocycles. The lowest BCUT2D eigenvalue weighted by Crippen LogP contribution is -2.38. The van der Waals surface area contributed by atoms with Gasteiger partial charge in [0.15, 0.2) is 0 Å². The summed E-state index contributed by atoms with van der Waals surface area (Å²) in [7, 11) is 0. The molecule has 1 heterocycles. The molecule has 2 N–H and O–H groups in total. The van der Waals surface area contributed by atoms with Crippen LogP contribution < -0.4 is 10.6 Å². The molecule has 2 aliphatic rings. The highest BCUT2D eigenvalue weighted by Crippen LogP contribution is 2.25. The van der Waals surface area contributed by atoms with Crippen molar-refractivity contribution in [3.05, 3.63) is 29.3 Å². The van der Waals surface area contributed by atoms with Gasteiger partial charge >= 0.3 is 0 Å². The Balaban J connectivity index is 1.67. The molecule has 1 saturated carbocycles. The highest BCUT2D eigenvalue weighted by atomic mass is 16.1. The summed E-state index contributed by atoms with van der Waals surface area (Å²) < 4.78 is 0. The van der Waals surface area contributed by atoms with Crippen molar-refractivity contribution in [2.45, 2.75) is 51.5 Å². The van der Waals surface area contributed by atoms with Gasteiger partial charge in [-0.15, -0.1) is 0 Å². The Morgan fingerprint density at radius 3 is 3.05 bits per heavy atom. The topological polar surface area (TPSA) is 41.1 Å². The first-order valence-electron chi connectivity index (χ1n) is 7.90. The molecule has 108 valence electrons. The van der Waals surface area contributed by atoms with Gasteiger partial charge in [-0.25, -0.2) is 0 Å². The number of carbonyl (C=O) groups is 1. The molecule has 0 spiro atoms. The zero-order chi connectivity index (χ0) is 13.9. The molecule has 2 atom stereocenters. The third kappa shape index (κ3) is 2.97. The van der Waals surface area contributed by atoms with E-state index in [0.717, 1.165) is 43.7 Å². The van der Waals surface area contributed by atoms with Gasteiger partial charge in [0.25, 0.3) is 5.91 Å². The fraction of sp³-hybridized carbons (Fsp3) is 0.588. The Labute approximate surface area is 121 Å². The number of benzene rings is 1. The van der Waals surface area contributed by atoms with Crippen LogP contribution in [0.2, 0.25) is 0 Å². The molecule has 1 aliphatic heterocycles. The Bertz CT molecular complexity index is 498. The van der Waals surface area contributed by atoms with Crippen LogP contribution in [-0.4, -0.2) is 18.5 Å². The molecular formula is C17H24N2O. The highest BCUT2D eigenvalue weighted by Gasteiger charge is 2.21. The van der Waals surface area contributed by atoms with E-state index in [1.54, 1.807) is 0 Å². The van der Waals surface area contributed by atoms with Gasteiger partial charge in [-0.1, -0.05) is 19.8 Å². The Hall–Kier alpha value is -1.51. The maximum Gasteiger partial charge on any atom is 0.251 e. The van der Waals surface area contributed by atoms with Crippen LogP contribution in [0.25, 0.3) is 0 Å². The van der Waals surface area contributed by atoms with Crippen molar-refractivity contribution in [2.24, 2.45) is 5.92 Å². The monoisotopic (exact) mass is 272 g/mol. The number of fused-ring (bicyclic) bond motifs is 1. The summed E-state index contributed by atoms with van der Waals surface area (Å²) in [5.74, 6) is 0.833. The quantitative estimate of drug-likeness (QED) is 0.867. The van der Waals surface area contributed by atoms with Crippen LogP contribution >= 0.6 is 0 Å². The SMILES string of the molecule is CC1CCCC(NC(=O)c2ccc3c(c2)CCCN3)C1. The molecule has 1 aromatic carbocycles. The summed E-state index contributed by atoms with van der Waals surface area (Å²) in [5.41, 5.74) is 3.28. The zero-order valence-electron chi connectivity index (χ0n) is 12.2. The normalized spacial score (nSPS) is 25.4. The molecule has 1 aromatic rings. The Kier molecular flexibility index (Phi) is 3.95. The number of anilines is 1. The first kappa shape index (κ1) is 13.5. The summed E-state index contributed by atoms with van der Waals surface area (Å²) in [5, 5.41) is 6.60. The molecule has 0 bridgehead atoms. The van der Waals surface area contributed by atoms with E-state index < -0.39 is 0 Å². The van der Waals surface area contributed by atoms with E-state index in [-0.39, 0.29) is 5.91 Å². The van der Waals surface area contributed by atoms with Gasteiger partial charge in [-0.2, -0.15) is 0 Å². The highest BCUT2D eigenvalue weighted by molar-refractivity contribution is 5.95. The lowest BCUT2D eigenvalue weighted by Gasteiger charge is -2.27. The van der Waals surface area contributed by atoms with Gasteiger partial charge in [0.05, 0.1) is 0 Å². The molecule has 1 amide bonds. The van der Waals surface area contributed by atoms with E-state index in [1.807, 2.05) is 12.1 Å². The number of nitrogens with one attached hydrogen (secondary N) is 2. The van der Waals surface area contributed by atoms with E-state index >= 15 is 0 Å². The third-order valence-electron chi connectivity index (χ3n) is 4.58. The summed E-state index contributed by atoms with van der Waals surface area (Å²) >= 11 is 0. The van der Waals surface area contributed by atoms with E-state index in [2.05, 4.69) is 23.6 Å². The molecule has 3 nitrogen and oxygen atoms in total. The molecule has 20 heavy (non-hydrogen) atoms. The summed E-state index contributed by atoms with van der Waals surface area (Å²) in [6.45, 7) is 3.32. The van der Waals surface area contributed by atoms with Crippen LogP contribution in [0, 0.1) is 5.92 Å². The molecule has 2 unspecified atom stereocenters. The molecule has 0 aromatic heterocycles. The maximum atomic E-state index is 12.4. The Morgan fingerprint density at radius 1 is 1.30 bits per heavy atom. The minimum absolute atomic E-state index is 0.0949. The second-order valence-corrected chi connectivity index (χ2v) is 6.34. The summed E-state index contributed by atoms with van der Waals surface area (Å²) in [4.78, 5) is 12.4. The van der Waals surface area contributed by atoms with Crippen molar-refractivity contribution in [1.82, 2.24) is 5.32 Å². The van der Waals surface area contributed by atoms with Gasteiger partial charge in [-0.05, 0) is 55.4 Å². The fourth-order valence-electron chi connectivity index (χ4n) is 3.45. The van der Waals surface area contributed by atoms with Crippen LogP contribution in [0.3, 0.4) is 0 Å². The van der Waals surface area contributed by atoms with E-state index in [0.29, 0.717) is 6.04 Å². The number of hydrogen-bond acceptors (Lipinski definition) is 2. The predicted octanol–water partition coefficient (Wildman–Crippen LogP) is 3.35. The average Bonchev–Trinajstić information content (AvgIpc) is 2.47. The number of rotatable bonds is 2. The number of amides is 1. The van der Waals surface area contributed by atoms with E-state index in [9.17, 15) is 4.79 Å². The second-order valence-electron chi connectivity index (χ2n) is 6.34. The zero-order valence-corrected chi connectivity index (χ0v) is 12.2. The molecule has 3 rings (SSSR count). The minimum atomic E-state index is 0.0949. The van der Waals surface area contributed by atoms with Gasteiger partial charge in [0.2, 0.25) is 0 Å². The largest absolute Gasteiger partial charge is 0.385 e. The van der Waals surface area contributed by atoms with Gasteiger partial charge in [-0.3, -0.25) is 4.79 Å². The first-order chi connectivity index (χ1) is 9.72. The molecule has 3 heteroatoms. The standard InChI is InChI=1S/C17H24N2O/c1-12-4-2-6-15(10-12)19-17(20)14-7-8-16-13(11-14)5-3-9-18-16/h7-8,11-12,15,18H,2-6,9-10H2,1H3,(H,19,20). The van der Waals surface area contributed by atoms with Crippen LogP contribution in [0.5, 0.6) is 0 Å². The molecule has 1 fully saturated rings. The lowest BCUT2D eigenvalue weighted by molar-refractivity contribution is 0.0921. The van der Waals surface area contributed by atoms with Crippen LogP contribution in [0.1, 0.15) is 54.9 Å². The van der Waals surface area contributed by atoms with Crippen LogP contribution in [0.15, 0.2) is 18.2 Å². The summed E-state index contributed by atoms with van der Waals surface area (Å²) in [6, 6.07) is 6.41. The minimum Gasteiger partial charge on any atom is -0.385 e. The van der Waals surface area contributed by atoms with Gasteiger partial charge < -0.3 is 10.6 Å². The van der Waals surface area contributed by atoms with Gasteiger partial charge in [0, 0.05) is 23.8 Å². The lowest BCUT2D eigenvalue weighted by atomic mass is 9.87. The average molecular weight is 272 g/mol. The fourth-order valence-corrected chi connectivity index (χ4v) is 3.45. The summed E-state index contributed by atoms with van der Waals surface area (Å²) in [6.07, 6.45) is 7.01. The van der Waals surface area contributed by atoms with Crippen LogP contribution in [-0.2, 0) is 6.42 Å². The maximum absolute atomic E-state index is 12.4. The predicted molar refractivity (Wildman–Crippen MR) is 82.1 cm³/mol. The second kappa shape index (κ2) is 5.86. The van der Waals surface area contributed by atoms with E-state index in [4.69, 9.17) is 0 Å². The van der Waals surface area contributed by atoms with Crippen molar-refractivity contribution < 1.29 is 4.79 Å². The number of carbonyl (C=O) groups excluding carboxylic acids is 1. The number of hydrogen-bond donors (Lipinski definition) is 2. The molecular weight excluding hydrogens is 248 g/mol. The van der Waals surface area contributed by atoms with Gasteiger partial charge in [0.1, 0.15) is 0 Å². The van der Waals surface area contributed by atoms with Crippen molar-refractivity contribution in [2.75, 3.05) is 11.9 Å². The Morgan fingerprint density at radius 2 is 2.20 bits per heavy atom.